The van der Waals surface area contributed by atoms with E-state index in [0.717, 1.165) is 74.1 Å². The SMILES string of the molecule is COc1ccc(C)cc1CC(=O)N1CCC(c2nnc3n2CCNC3)CC1.Cl. The van der Waals surface area contributed by atoms with Crippen LogP contribution in [0.15, 0.2) is 18.2 Å². The summed E-state index contributed by atoms with van der Waals surface area (Å²) in [4.78, 5) is 14.8. The van der Waals surface area contributed by atoms with Gasteiger partial charge < -0.3 is 19.5 Å². The number of likely N-dealkylation sites (tertiary alicyclic amines) is 1. The monoisotopic (exact) mass is 405 g/mol. The number of aryl methyl sites for hydroxylation is 1. The predicted molar refractivity (Wildman–Crippen MR) is 109 cm³/mol. The fourth-order valence-electron chi connectivity index (χ4n) is 4.12. The molecule has 1 aromatic heterocycles. The number of amides is 1. The smallest absolute Gasteiger partial charge is 0.227 e. The Balaban J connectivity index is 0.00000225. The highest BCUT2D eigenvalue weighted by Crippen LogP contribution is 2.29. The first-order chi connectivity index (χ1) is 13.2. The van der Waals surface area contributed by atoms with Crippen LogP contribution >= 0.6 is 12.4 Å². The summed E-state index contributed by atoms with van der Waals surface area (Å²) in [6.45, 7) is 6.28. The van der Waals surface area contributed by atoms with E-state index < -0.39 is 0 Å². The van der Waals surface area contributed by atoms with Crippen LogP contribution in [0.25, 0.3) is 0 Å². The van der Waals surface area contributed by atoms with Gasteiger partial charge >= 0.3 is 0 Å². The molecule has 0 radical (unpaired) electrons. The number of nitrogens with zero attached hydrogens (tertiary/aromatic N) is 4. The zero-order valence-corrected chi connectivity index (χ0v) is 17.3. The first kappa shape index (κ1) is 20.6. The molecule has 1 aromatic carbocycles. The number of benzene rings is 1. The summed E-state index contributed by atoms with van der Waals surface area (Å²) >= 11 is 0. The second-order valence-corrected chi connectivity index (χ2v) is 7.45. The molecule has 0 spiro atoms. The molecule has 1 amide bonds. The Morgan fingerprint density at radius 3 is 2.79 bits per heavy atom. The van der Waals surface area contributed by atoms with Gasteiger partial charge in [0.05, 0.1) is 20.1 Å². The van der Waals surface area contributed by atoms with Crippen molar-refractivity contribution in [3.05, 3.63) is 41.0 Å². The number of fused-ring (bicyclic) bond motifs is 1. The van der Waals surface area contributed by atoms with Crippen molar-refractivity contribution in [1.29, 1.82) is 0 Å². The molecule has 0 saturated carbocycles. The second kappa shape index (κ2) is 8.92. The minimum absolute atomic E-state index is 0. The predicted octanol–water partition coefficient (Wildman–Crippen LogP) is 2.07. The Kier molecular flexibility index (Phi) is 6.57. The Morgan fingerprint density at radius 2 is 2.04 bits per heavy atom. The molecule has 1 fully saturated rings. The number of nitrogens with one attached hydrogen (secondary N) is 1. The molecule has 8 heteroatoms. The second-order valence-electron chi connectivity index (χ2n) is 7.45. The first-order valence-electron chi connectivity index (χ1n) is 9.69. The molecule has 0 aliphatic carbocycles. The Morgan fingerprint density at radius 1 is 1.25 bits per heavy atom. The van der Waals surface area contributed by atoms with Crippen LogP contribution in [0.5, 0.6) is 5.75 Å². The van der Waals surface area contributed by atoms with E-state index in [9.17, 15) is 4.79 Å². The summed E-state index contributed by atoms with van der Waals surface area (Å²) in [5.41, 5.74) is 2.10. The van der Waals surface area contributed by atoms with Gasteiger partial charge in [-0.3, -0.25) is 4.79 Å². The zero-order valence-electron chi connectivity index (χ0n) is 16.5. The minimum Gasteiger partial charge on any atom is -0.496 e. The highest BCUT2D eigenvalue weighted by Gasteiger charge is 2.29. The van der Waals surface area contributed by atoms with Crippen LogP contribution in [0.3, 0.4) is 0 Å². The first-order valence-corrected chi connectivity index (χ1v) is 9.69. The maximum atomic E-state index is 12.8. The molecule has 0 atom stereocenters. The molecule has 0 unspecified atom stereocenters. The van der Waals surface area contributed by atoms with Crippen molar-refractivity contribution in [2.75, 3.05) is 26.7 Å². The van der Waals surface area contributed by atoms with E-state index in [0.29, 0.717) is 12.3 Å². The Hall–Kier alpha value is -2.12. The Labute approximate surface area is 171 Å². The number of hydrogen-bond donors (Lipinski definition) is 1. The lowest BCUT2D eigenvalue weighted by Crippen LogP contribution is -2.39. The molecule has 3 heterocycles. The fourth-order valence-corrected chi connectivity index (χ4v) is 4.12. The van der Waals surface area contributed by atoms with Crippen molar-refractivity contribution in [2.24, 2.45) is 0 Å². The molecule has 7 nitrogen and oxygen atoms in total. The largest absolute Gasteiger partial charge is 0.496 e. The van der Waals surface area contributed by atoms with Gasteiger partial charge in [-0.05, 0) is 25.8 Å². The van der Waals surface area contributed by atoms with Gasteiger partial charge in [0.2, 0.25) is 5.91 Å². The van der Waals surface area contributed by atoms with E-state index >= 15 is 0 Å². The number of rotatable bonds is 4. The highest BCUT2D eigenvalue weighted by atomic mass is 35.5. The summed E-state index contributed by atoms with van der Waals surface area (Å²) in [6, 6.07) is 5.99. The number of hydrogen-bond acceptors (Lipinski definition) is 5. The van der Waals surface area contributed by atoms with Crippen molar-refractivity contribution in [3.8, 4) is 5.75 Å². The standard InChI is InChI=1S/C20H27N5O2.ClH/c1-14-3-4-17(27-2)16(11-14)12-19(26)24-8-5-15(6-9-24)20-23-22-18-13-21-7-10-25(18)20;/h3-4,11,15,21H,5-10,12-13H2,1-2H3;1H. The van der Waals surface area contributed by atoms with E-state index in [2.05, 4.69) is 20.1 Å². The molecular weight excluding hydrogens is 378 g/mol. The molecule has 2 aliphatic heterocycles. The topological polar surface area (TPSA) is 72.3 Å². The number of piperidine rings is 1. The van der Waals surface area contributed by atoms with Crippen LogP contribution in [0.4, 0.5) is 0 Å². The van der Waals surface area contributed by atoms with Crippen LogP contribution in [-0.2, 0) is 24.3 Å². The normalized spacial score (nSPS) is 17.0. The molecule has 28 heavy (non-hydrogen) atoms. The van der Waals surface area contributed by atoms with E-state index in [4.69, 9.17) is 4.74 Å². The molecule has 0 bridgehead atoms. The third-order valence-corrected chi connectivity index (χ3v) is 5.64. The lowest BCUT2D eigenvalue weighted by Gasteiger charge is -2.32. The average Bonchev–Trinajstić information content (AvgIpc) is 3.12. The summed E-state index contributed by atoms with van der Waals surface area (Å²) in [6.07, 6.45) is 2.28. The zero-order chi connectivity index (χ0) is 18.8. The summed E-state index contributed by atoms with van der Waals surface area (Å²) in [5, 5.41) is 12.1. The third-order valence-electron chi connectivity index (χ3n) is 5.64. The summed E-state index contributed by atoms with van der Waals surface area (Å²) < 4.78 is 7.67. The van der Waals surface area contributed by atoms with Gasteiger partial charge in [-0.25, -0.2) is 0 Å². The van der Waals surface area contributed by atoms with Crippen LogP contribution in [0.1, 0.15) is 41.5 Å². The summed E-state index contributed by atoms with van der Waals surface area (Å²) in [7, 11) is 1.65. The number of carbonyl (C=O) groups is 1. The quantitative estimate of drug-likeness (QED) is 0.843. The van der Waals surface area contributed by atoms with Crippen molar-refractivity contribution in [1.82, 2.24) is 25.0 Å². The molecule has 2 aromatic rings. The average molecular weight is 406 g/mol. The van der Waals surface area contributed by atoms with Crippen molar-refractivity contribution >= 4 is 18.3 Å². The van der Waals surface area contributed by atoms with Gasteiger partial charge in [0.25, 0.3) is 0 Å². The van der Waals surface area contributed by atoms with Crippen LogP contribution in [0, 0.1) is 6.92 Å². The van der Waals surface area contributed by atoms with Crippen LogP contribution in [-0.4, -0.2) is 52.3 Å². The molecular formula is C20H28ClN5O2. The van der Waals surface area contributed by atoms with E-state index in [1.807, 2.05) is 30.0 Å². The van der Waals surface area contributed by atoms with E-state index in [1.165, 1.54) is 0 Å². The maximum Gasteiger partial charge on any atom is 0.227 e. The van der Waals surface area contributed by atoms with Gasteiger partial charge in [-0.2, -0.15) is 0 Å². The van der Waals surface area contributed by atoms with Gasteiger partial charge in [0.15, 0.2) is 0 Å². The molecule has 2 aliphatic rings. The Bertz CT molecular complexity index is 830. The number of carbonyl (C=O) groups excluding carboxylic acids is 1. The number of halogens is 1. The molecule has 152 valence electrons. The minimum atomic E-state index is 0. The van der Waals surface area contributed by atoms with Gasteiger partial charge in [0.1, 0.15) is 17.4 Å². The lowest BCUT2D eigenvalue weighted by molar-refractivity contribution is -0.131. The third kappa shape index (κ3) is 4.15. The highest BCUT2D eigenvalue weighted by molar-refractivity contribution is 5.85. The van der Waals surface area contributed by atoms with Gasteiger partial charge in [-0.15, -0.1) is 22.6 Å². The number of methoxy groups -OCH3 is 1. The van der Waals surface area contributed by atoms with Crippen LogP contribution < -0.4 is 10.1 Å². The molecule has 1 saturated heterocycles. The maximum absolute atomic E-state index is 12.8. The summed E-state index contributed by atoms with van der Waals surface area (Å²) in [5.74, 6) is 3.47. The molecule has 1 N–H and O–H groups in total. The lowest BCUT2D eigenvalue weighted by atomic mass is 9.95. The van der Waals surface area contributed by atoms with E-state index in [1.54, 1.807) is 7.11 Å². The molecule has 4 rings (SSSR count). The van der Waals surface area contributed by atoms with Crippen LogP contribution in [0.2, 0.25) is 0 Å². The number of aromatic nitrogens is 3. The van der Waals surface area contributed by atoms with Gasteiger partial charge in [0, 0.05) is 37.7 Å². The van der Waals surface area contributed by atoms with Gasteiger partial charge in [-0.1, -0.05) is 17.7 Å². The van der Waals surface area contributed by atoms with Crippen molar-refractivity contribution in [3.63, 3.8) is 0 Å². The fraction of sp³-hybridized carbons (Fsp3) is 0.550. The van der Waals surface area contributed by atoms with Crippen molar-refractivity contribution < 1.29 is 9.53 Å². The van der Waals surface area contributed by atoms with E-state index in [-0.39, 0.29) is 18.3 Å². The van der Waals surface area contributed by atoms with Crippen molar-refractivity contribution in [2.45, 2.75) is 45.2 Å². The number of ether oxygens (including phenoxy) is 1.